The molecule has 1 atom stereocenters. The molecule has 0 aromatic heterocycles. The Balaban J connectivity index is 2.42. The van der Waals surface area contributed by atoms with Gasteiger partial charge in [-0.25, -0.2) is 0 Å². The zero-order valence-corrected chi connectivity index (χ0v) is 5.35. The molecule has 0 saturated heterocycles. The Bertz CT molecular complexity index is 105. The number of rotatable bonds is 0. The molecule has 0 amide bonds. The average Bonchev–Trinajstić information content (AvgIpc) is 1.77. The van der Waals surface area contributed by atoms with Gasteiger partial charge in [-0.1, -0.05) is 11.6 Å². The van der Waals surface area contributed by atoms with Crippen LogP contribution in [-0.2, 0) is 0 Å². The first-order chi connectivity index (χ1) is 3.79. The molecule has 8 heavy (non-hydrogen) atoms. The Kier molecular flexibility index (Phi) is 1.69. The van der Waals surface area contributed by atoms with Crippen LogP contribution in [0.1, 0.15) is 26.2 Å². The molecule has 2 N–H and O–H groups in total. The quantitative estimate of drug-likeness (QED) is 0.470. The fraction of sp³-hybridized carbons (Fsp3) is 0.714. The highest BCUT2D eigenvalue weighted by atomic mass is 14.6. The molecule has 1 aliphatic carbocycles. The highest BCUT2D eigenvalue weighted by molar-refractivity contribution is 5.03. The molecule has 0 unspecified atom stereocenters. The van der Waals surface area contributed by atoms with Gasteiger partial charge < -0.3 is 5.73 Å². The maximum absolute atomic E-state index is 5.65. The minimum atomic E-state index is 0.443. The Morgan fingerprint density at radius 2 is 2.50 bits per heavy atom. The third-order valence-corrected chi connectivity index (χ3v) is 1.68. The minimum Gasteiger partial charge on any atom is -0.327 e. The maximum atomic E-state index is 5.65. The largest absolute Gasteiger partial charge is 0.327 e. The van der Waals surface area contributed by atoms with Crippen molar-refractivity contribution in [3.05, 3.63) is 11.6 Å². The van der Waals surface area contributed by atoms with Crippen LogP contribution >= 0.6 is 0 Å². The van der Waals surface area contributed by atoms with E-state index in [2.05, 4.69) is 13.0 Å². The molecule has 0 fully saturated rings. The molecule has 0 saturated carbocycles. The molecule has 0 radical (unpaired) electrons. The minimum absolute atomic E-state index is 0.443. The van der Waals surface area contributed by atoms with E-state index in [0.29, 0.717) is 6.04 Å². The van der Waals surface area contributed by atoms with Crippen LogP contribution in [0.4, 0.5) is 0 Å². The van der Waals surface area contributed by atoms with Crippen molar-refractivity contribution in [2.75, 3.05) is 0 Å². The van der Waals surface area contributed by atoms with E-state index in [1.54, 1.807) is 0 Å². The standard InChI is InChI=1S/C7H13N/c1-6-2-4-7(8)5-3-6/h2,7H,3-5,8H2,1H3/t7-/m0/s1. The van der Waals surface area contributed by atoms with Gasteiger partial charge in [0.1, 0.15) is 0 Å². The van der Waals surface area contributed by atoms with Gasteiger partial charge in [-0.3, -0.25) is 0 Å². The molecular weight excluding hydrogens is 98.1 g/mol. The average molecular weight is 111 g/mol. The van der Waals surface area contributed by atoms with Crippen molar-refractivity contribution in [1.29, 1.82) is 0 Å². The van der Waals surface area contributed by atoms with Crippen LogP contribution in [0.15, 0.2) is 11.6 Å². The Morgan fingerprint density at radius 1 is 1.75 bits per heavy atom. The number of hydrogen-bond donors (Lipinski definition) is 1. The predicted molar refractivity (Wildman–Crippen MR) is 35.6 cm³/mol. The monoisotopic (exact) mass is 111 g/mol. The van der Waals surface area contributed by atoms with E-state index in [4.69, 9.17) is 5.73 Å². The van der Waals surface area contributed by atoms with Crippen LogP contribution in [0.5, 0.6) is 0 Å². The van der Waals surface area contributed by atoms with Gasteiger partial charge in [0.15, 0.2) is 0 Å². The SMILES string of the molecule is CC1=CC[C@H](N)CC1. The molecule has 0 aromatic rings. The van der Waals surface area contributed by atoms with Crippen molar-refractivity contribution < 1.29 is 0 Å². The van der Waals surface area contributed by atoms with Gasteiger partial charge in [0.05, 0.1) is 0 Å². The summed E-state index contributed by atoms with van der Waals surface area (Å²) in [4.78, 5) is 0. The van der Waals surface area contributed by atoms with E-state index in [0.717, 1.165) is 6.42 Å². The molecule has 1 aliphatic rings. The number of allylic oxidation sites excluding steroid dienone is 1. The van der Waals surface area contributed by atoms with Gasteiger partial charge in [-0.05, 0) is 26.2 Å². The van der Waals surface area contributed by atoms with E-state index in [1.807, 2.05) is 0 Å². The lowest BCUT2D eigenvalue weighted by Gasteiger charge is -2.14. The van der Waals surface area contributed by atoms with Crippen LogP contribution in [0, 0.1) is 0 Å². The molecule has 0 spiro atoms. The van der Waals surface area contributed by atoms with E-state index in [-0.39, 0.29) is 0 Å². The molecule has 0 aliphatic heterocycles. The summed E-state index contributed by atoms with van der Waals surface area (Å²) >= 11 is 0. The van der Waals surface area contributed by atoms with Gasteiger partial charge in [0, 0.05) is 6.04 Å². The van der Waals surface area contributed by atoms with Gasteiger partial charge in [-0.15, -0.1) is 0 Å². The van der Waals surface area contributed by atoms with E-state index in [1.165, 1.54) is 18.4 Å². The molecule has 1 nitrogen and oxygen atoms in total. The second-order valence-electron chi connectivity index (χ2n) is 2.58. The molecule has 1 heteroatoms. The topological polar surface area (TPSA) is 26.0 Å². The van der Waals surface area contributed by atoms with E-state index in [9.17, 15) is 0 Å². The van der Waals surface area contributed by atoms with Crippen LogP contribution < -0.4 is 5.73 Å². The molecule has 0 aromatic carbocycles. The molecule has 0 bridgehead atoms. The highest BCUT2D eigenvalue weighted by Gasteiger charge is 2.05. The molecule has 0 heterocycles. The Morgan fingerprint density at radius 3 is 2.88 bits per heavy atom. The maximum Gasteiger partial charge on any atom is 0.00765 e. The number of hydrogen-bond acceptors (Lipinski definition) is 1. The van der Waals surface area contributed by atoms with Crippen molar-refractivity contribution in [1.82, 2.24) is 0 Å². The number of nitrogens with two attached hydrogens (primary N) is 1. The van der Waals surface area contributed by atoms with Crippen molar-refractivity contribution in [2.45, 2.75) is 32.2 Å². The zero-order valence-electron chi connectivity index (χ0n) is 5.35. The van der Waals surface area contributed by atoms with Crippen molar-refractivity contribution in [3.8, 4) is 0 Å². The van der Waals surface area contributed by atoms with Crippen LogP contribution in [0.2, 0.25) is 0 Å². The van der Waals surface area contributed by atoms with Crippen LogP contribution in [-0.4, -0.2) is 6.04 Å². The van der Waals surface area contributed by atoms with Gasteiger partial charge in [0.25, 0.3) is 0 Å². The van der Waals surface area contributed by atoms with Crippen molar-refractivity contribution >= 4 is 0 Å². The summed E-state index contributed by atoms with van der Waals surface area (Å²) in [6.07, 6.45) is 5.73. The predicted octanol–water partition coefficient (Wildman–Crippen LogP) is 1.44. The first-order valence-electron chi connectivity index (χ1n) is 3.20. The Hall–Kier alpha value is -0.300. The summed E-state index contributed by atoms with van der Waals surface area (Å²) in [6, 6.07) is 0.443. The second kappa shape index (κ2) is 2.31. The second-order valence-corrected chi connectivity index (χ2v) is 2.58. The van der Waals surface area contributed by atoms with E-state index >= 15 is 0 Å². The van der Waals surface area contributed by atoms with Crippen LogP contribution in [0.3, 0.4) is 0 Å². The third kappa shape index (κ3) is 1.34. The zero-order chi connectivity index (χ0) is 5.98. The molecule has 1 rings (SSSR count). The normalized spacial score (nSPS) is 29.8. The summed E-state index contributed by atoms with van der Waals surface area (Å²) in [7, 11) is 0. The van der Waals surface area contributed by atoms with E-state index < -0.39 is 0 Å². The van der Waals surface area contributed by atoms with Gasteiger partial charge in [0.2, 0.25) is 0 Å². The summed E-state index contributed by atoms with van der Waals surface area (Å²) in [5, 5.41) is 0. The fourth-order valence-corrected chi connectivity index (χ4v) is 0.986. The van der Waals surface area contributed by atoms with Crippen molar-refractivity contribution in [2.24, 2.45) is 5.73 Å². The van der Waals surface area contributed by atoms with Gasteiger partial charge in [-0.2, -0.15) is 0 Å². The van der Waals surface area contributed by atoms with Crippen LogP contribution in [0.25, 0.3) is 0 Å². The molecular formula is C7H13N. The molecule has 46 valence electrons. The third-order valence-electron chi connectivity index (χ3n) is 1.68. The summed E-state index contributed by atoms with van der Waals surface area (Å²) in [6.45, 7) is 2.17. The van der Waals surface area contributed by atoms with Crippen molar-refractivity contribution in [3.63, 3.8) is 0 Å². The fourth-order valence-electron chi connectivity index (χ4n) is 0.986. The first kappa shape index (κ1) is 5.83. The first-order valence-corrected chi connectivity index (χ1v) is 3.20. The lowest BCUT2D eigenvalue weighted by Crippen LogP contribution is -2.21. The van der Waals surface area contributed by atoms with Gasteiger partial charge >= 0.3 is 0 Å². The summed E-state index contributed by atoms with van der Waals surface area (Å²) < 4.78 is 0. The lowest BCUT2D eigenvalue weighted by atomic mass is 9.97. The summed E-state index contributed by atoms with van der Waals surface area (Å²) in [5.41, 5.74) is 7.16. The Labute approximate surface area is 50.6 Å². The smallest absolute Gasteiger partial charge is 0.00765 e. The lowest BCUT2D eigenvalue weighted by molar-refractivity contribution is 0.590. The summed E-state index contributed by atoms with van der Waals surface area (Å²) in [5.74, 6) is 0. The highest BCUT2D eigenvalue weighted by Crippen LogP contribution is 2.14.